The first kappa shape index (κ1) is 17.1. The fourth-order valence-electron chi connectivity index (χ4n) is 2.63. The number of pyridine rings is 1. The van der Waals surface area contributed by atoms with E-state index in [-0.39, 0.29) is 28.6 Å². The number of rotatable bonds is 4. The fourth-order valence-corrected chi connectivity index (χ4v) is 2.85. The van der Waals surface area contributed by atoms with Gasteiger partial charge < -0.3 is 16.0 Å². The molecule has 2 heterocycles. The first-order valence-electron chi connectivity index (χ1n) is 7.35. The lowest BCUT2D eigenvalue weighted by Gasteiger charge is -2.19. The van der Waals surface area contributed by atoms with Gasteiger partial charge in [0, 0.05) is 12.7 Å². The summed E-state index contributed by atoms with van der Waals surface area (Å²) in [5, 5.41) is 2.94. The molecule has 130 valence electrons. The van der Waals surface area contributed by atoms with E-state index < -0.39 is 29.5 Å². The Morgan fingerprint density at radius 2 is 2.04 bits per heavy atom. The number of nitrogens with zero attached hydrogens (tertiary/aromatic N) is 2. The third kappa shape index (κ3) is 3.25. The standard InChI is InChI=1S/C16H13ClF2N4O2/c17-9-6-8(14(20)24)7-21-15(9)22-12-4-5-23(16(12)25)13-10(18)2-1-3-11(13)19/h1-3,6-7,12H,4-5H2,(H2,20,24)(H,21,22). The van der Waals surface area contributed by atoms with Crippen LogP contribution >= 0.6 is 11.6 Å². The van der Waals surface area contributed by atoms with E-state index in [0.717, 1.165) is 17.0 Å². The van der Waals surface area contributed by atoms with E-state index in [1.165, 1.54) is 18.3 Å². The lowest BCUT2D eigenvalue weighted by atomic mass is 10.2. The third-order valence-corrected chi connectivity index (χ3v) is 4.14. The van der Waals surface area contributed by atoms with Crippen LogP contribution in [0.15, 0.2) is 30.5 Å². The van der Waals surface area contributed by atoms with E-state index in [9.17, 15) is 18.4 Å². The molecule has 1 aliphatic rings. The molecular formula is C16H13ClF2N4O2. The highest BCUT2D eigenvalue weighted by molar-refractivity contribution is 6.33. The van der Waals surface area contributed by atoms with Crippen molar-refractivity contribution in [2.24, 2.45) is 5.73 Å². The number of halogens is 3. The van der Waals surface area contributed by atoms with Crippen molar-refractivity contribution in [3.05, 3.63) is 52.7 Å². The summed E-state index contributed by atoms with van der Waals surface area (Å²) in [6.07, 6.45) is 1.53. The van der Waals surface area contributed by atoms with Crippen LogP contribution in [0.1, 0.15) is 16.8 Å². The molecule has 2 aromatic rings. The number of para-hydroxylation sites is 1. The Morgan fingerprint density at radius 3 is 2.64 bits per heavy atom. The SMILES string of the molecule is NC(=O)c1cnc(NC2CCN(c3c(F)cccc3F)C2=O)c(Cl)c1. The Bertz CT molecular complexity index is 842. The Morgan fingerprint density at radius 1 is 1.36 bits per heavy atom. The summed E-state index contributed by atoms with van der Waals surface area (Å²) < 4.78 is 27.8. The lowest BCUT2D eigenvalue weighted by molar-refractivity contribution is -0.117. The molecular weight excluding hydrogens is 354 g/mol. The molecule has 1 aromatic heterocycles. The summed E-state index contributed by atoms with van der Waals surface area (Å²) in [5.74, 6) is -2.62. The minimum absolute atomic E-state index is 0.111. The second kappa shape index (κ2) is 6.64. The van der Waals surface area contributed by atoms with Gasteiger partial charge in [0.25, 0.3) is 0 Å². The topological polar surface area (TPSA) is 88.3 Å². The number of nitrogens with one attached hydrogen (secondary N) is 1. The number of carbonyl (C=O) groups excluding carboxylic acids is 2. The molecule has 6 nitrogen and oxygen atoms in total. The van der Waals surface area contributed by atoms with Crippen molar-refractivity contribution in [2.45, 2.75) is 12.5 Å². The Labute approximate surface area is 146 Å². The summed E-state index contributed by atoms with van der Waals surface area (Å²) in [6, 6.07) is 3.99. The molecule has 1 aromatic carbocycles. The van der Waals surface area contributed by atoms with Gasteiger partial charge in [-0.15, -0.1) is 0 Å². The van der Waals surface area contributed by atoms with Crippen LogP contribution in [0.3, 0.4) is 0 Å². The van der Waals surface area contributed by atoms with Gasteiger partial charge in [-0.2, -0.15) is 0 Å². The largest absolute Gasteiger partial charge is 0.366 e. The van der Waals surface area contributed by atoms with Gasteiger partial charge in [0.05, 0.1) is 10.6 Å². The molecule has 2 amide bonds. The van der Waals surface area contributed by atoms with E-state index in [1.807, 2.05) is 0 Å². The van der Waals surface area contributed by atoms with Gasteiger partial charge in [-0.25, -0.2) is 13.8 Å². The smallest absolute Gasteiger partial charge is 0.250 e. The number of hydrogen-bond acceptors (Lipinski definition) is 4. The Kier molecular flexibility index (Phi) is 4.54. The van der Waals surface area contributed by atoms with Gasteiger partial charge >= 0.3 is 0 Å². The predicted octanol–water partition coefficient (Wildman–Crippen LogP) is 2.33. The van der Waals surface area contributed by atoms with Gasteiger partial charge in [-0.3, -0.25) is 9.59 Å². The van der Waals surface area contributed by atoms with Crippen molar-refractivity contribution < 1.29 is 18.4 Å². The molecule has 3 N–H and O–H groups in total. The molecule has 1 atom stereocenters. The first-order chi connectivity index (χ1) is 11.9. The molecule has 25 heavy (non-hydrogen) atoms. The number of primary amides is 1. The van der Waals surface area contributed by atoms with Crippen molar-refractivity contribution in [2.75, 3.05) is 16.8 Å². The maximum atomic E-state index is 13.9. The molecule has 3 rings (SSSR count). The summed E-state index contributed by atoms with van der Waals surface area (Å²) in [6.45, 7) is 0.144. The minimum atomic E-state index is -0.809. The van der Waals surface area contributed by atoms with Crippen LogP contribution in [0.4, 0.5) is 20.3 Å². The lowest BCUT2D eigenvalue weighted by Crippen LogP contribution is -2.34. The molecule has 1 aliphatic heterocycles. The molecule has 9 heteroatoms. The van der Waals surface area contributed by atoms with Gasteiger partial charge in [0.15, 0.2) is 0 Å². The first-order valence-corrected chi connectivity index (χ1v) is 7.73. The summed E-state index contributed by atoms with van der Waals surface area (Å²) >= 11 is 6.03. The number of nitrogens with two attached hydrogens (primary N) is 1. The van der Waals surface area contributed by atoms with Gasteiger partial charge in [-0.05, 0) is 24.6 Å². The van der Waals surface area contributed by atoms with Crippen LogP contribution in [0, 0.1) is 11.6 Å². The third-order valence-electron chi connectivity index (χ3n) is 3.85. The normalized spacial score (nSPS) is 17.0. The van der Waals surface area contributed by atoms with Crippen molar-refractivity contribution in [1.82, 2.24) is 4.98 Å². The molecule has 1 fully saturated rings. The van der Waals surface area contributed by atoms with Crippen molar-refractivity contribution in [1.29, 1.82) is 0 Å². The maximum absolute atomic E-state index is 13.9. The van der Waals surface area contributed by atoms with Crippen LogP contribution in [0.25, 0.3) is 0 Å². The number of anilines is 2. The average molecular weight is 367 g/mol. The van der Waals surface area contributed by atoms with Crippen LogP contribution in [0.2, 0.25) is 5.02 Å². The van der Waals surface area contributed by atoms with Crippen LogP contribution in [-0.2, 0) is 4.79 Å². The monoisotopic (exact) mass is 366 g/mol. The van der Waals surface area contributed by atoms with Crippen LogP contribution in [0.5, 0.6) is 0 Å². The second-order valence-corrected chi connectivity index (χ2v) is 5.87. The molecule has 0 saturated carbocycles. The van der Waals surface area contributed by atoms with Gasteiger partial charge in [0.1, 0.15) is 29.2 Å². The van der Waals surface area contributed by atoms with Gasteiger partial charge in [-0.1, -0.05) is 17.7 Å². The number of amides is 2. The molecule has 0 bridgehead atoms. The van der Waals surface area contributed by atoms with E-state index >= 15 is 0 Å². The van der Waals surface area contributed by atoms with E-state index in [0.29, 0.717) is 6.42 Å². The predicted molar refractivity (Wildman–Crippen MR) is 88.5 cm³/mol. The van der Waals surface area contributed by atoms with Gasteiger partial charge in [0.2, 0.25) is 11.8 Å². The minimum Gasteiger partial charge on any atom is -0.366 e. The molecule has 1 unspecified atom stereocenters. The highest BCUT2D eigenvalue weighted by Gasteiger charge is 2.35. The highest BCUT2D eigenvalue weighted by atomic mass is 35.5. The molecule has 1 saturated heterocycles. The number of carbonyl (C=O) groups is 2. The van der Waals surface area contributed by atoms with Crippen molar-refractivity contribution in [3.8, 4) is 0 Å². The highest BCUT2D eigenvalue weighted by Crippen LogP contribution is 2.29. The van der Waals surface area contributed by atoms with Crippen LogP contribution < -0.4 is 16.0 Å². The number of benzene rings is 1. The summed E-state index contributed by atoms with van der Waals surface area (Å²) in [7, 11) is 0. The second-order valence-electron chi connectivity index (χ2n) is 5.46. The zero-order valence-corrected chi connectivity index (χ0v) is 13.6. The zero-order chi connectivity index (χ0) is 18.1. The maximum Gasteiger partial charge on any atom is 0.250 e. The number of aromatic nitrogens is 1. The summed E-state index contributed by atoms with van der Waals surface area (Å²) in [5.41, 5.74) is 4.89. The summed E-state index contributed by atoms with van der Waals surface area (Å²) in [4.78, 5) is 28.6. The fraction of sp³-hybridized carbons (Fsp3) is 0.188. The zero-order valence-electron chi connectivity index (χ0n) is 12.8. The molecule has 0 spiro atoms. The van der Waals surface area contributed by atoms with Crippen molar-refractivity contribution in [3.63, 3.8) is 0 Å². The van der Waals surface area contributed by atoms with E-state index in [4.69, 9.17) is 17.3 Å². The quantitative estimate of drug-likeness (QED) is 0.869. The molecule has 0 radical (unpaired) electrons. The number of hydrogen-bond donors (Lipinski definition) is 2. The van der Waals surface area contributed by atoms with E-state index in [1.54, 1.807) is 0 Å². The van der Waals surface area contributed by atoms with E-state index in [2.05, 4.69) is 10.3 Å². The Balaban J connectivity index is 1.80. The average Bonchev–Trinajstić information content (AvgIpc) is 2.90. The van der Waals surface area contributed by atoms with Crippen molar-refractivity contribution >= 4 is 34.9 Å². The van der Waals surface area contributed by atoms with Crippen LogP contribution in [-0.4, -0.2) is 29.4 Å². The Hall–Kier alpha value is -2.74. The molecule has 0 aliphatic carbocycles.